The van der Waals surface area contributed by atoms with Crippen molar-refractivity contribution >= 4 is 21.6 Å². The molecule has 0 amide bonds. The van der Waals surface area contributed by atoms with Gasteiger partial charge in [-0.25, -0.2) is 8.78 Å². The van der Waals surface area contributed by atoms with E-state index in [4.69, 9.17) is 4.74 Å². The lowest BCUT2D eigenvalue weighted by Gasteiger charge is -2.37. The van der Waals surface area contributed by atoms with Gasteiger partial charge in [-0.15, -0.1) is 11.3 Å². The molecule has 0 radical (unpaired) electrons. The molecule has 36 heavy (non-hydrogen) atoms. The van der Waals surface area contributed by atoms with Crippen LogP contribution in [0.25, 0.3) is 21.3 Å². The Morgan fingerprint density at radius 1 is 1.25 bits per heavy atom. The van der Waals surface area contributed by atoms with Gasteiger partial charge in [-0.05, 0) is 59.5 Å². The molecule has 8 heteroatoms. The number of hydrogen-bond donors (Lipinski definition) is 1. The van der Waals surface area contributed by atoms with Crippen molar-refractivity contribution < 1.29 is 18.6 Å². The maximum Gasteiger partial charge on any atom is 0.268 e. The first kappa shape index (κ1) is 24.6. The number of aromatic nitrogens is 2. The second kappa shape index (κ2) is 9.09. The van der Waals surface area contributed by atoms with Crippen LogP contribution in [0.1, 0.15) is 37.0 Å². The Bertz CT molecular complexity index is 1480. The molecule has 1 aliphatic heterocycles. The van der Waals surface area contributed by atoms with Crippen LogP contribution in [0.15, 0.2) is 59.1 Å². The van der Waals surface area contributed by atoms with Crippen molar-refractivity contribution in [3.8, 4) is 16.9 Å². The van der Waals surface area contributed by atoms with Gasteiger partial charge in [-0.3, -0.25) is 9.78 Å². The molecular formula is C28H28F2N2O3S. The lowest BCUT2D eigenvalue weighted by Crippen LogP contribution is -2.46. The maximum absolute atomic E-state index is 14.6. The summed E-state index contributed by atoms with van der Waals surface area (Å²) >= 11 is 1.28. The predicted molar refractivity (Wildman–Crippen MR) is 138 cm³/mol. The van der Waals surface area contributed by atoms with Crippen LogP contribution in [0.2, 0.25) is 0 Å². The molecule has 1 atom stereocenters. The molecule has 1 unspecified atom stereocenters. The van der Waals surface area contributed by atoms with Crippen LogP contribution in [0.3, 0.4) is 0 Å². The van der Waals surface area contributed by atoms with Crippen LogP contribution in [0.4, 0.5) is 8.78 Å². The van der Waals surface area contributed by atoms with E-state index in [2.05, 4.69) is 11.1 Å². The van der Waals surface area contributed by atoms with Gasteiger partial charge in [0, 0.05) is 41.7 Å². The molecule has 3 aromatic heterocycles. The zero-order valence-corrected chi connectivity index (χ0v) is 21.2. The second-order valence-electron chi connectivity index (χ2n) is 10.2. The Hall–Kier alpha value is -3.10. The van der Waals surface area contributed by atoms with Crippen molar-refractivity contribution in [2.45, 2.75) is 57.6 Å². The maximum atomic E-state index is 14.6. The Morgan fingerprint density at radius 2 is 2.06 bits per heavy atom. The molecule has 5 rings (SSSR count). The molecule has 0 spiro atoms. The summed E-state index contributed by atoms with van der Waals surface area (Å²) in [6, 6.07) is 9.58. The minimum absolute atomic E-state index is 0.114. The summed E-state index contributed by atoms with van der Waals surface area (Å²) in [4.78, 5) is 16.7. The summed E-state index contributed by atoms with van der Waals surface area (Å²) in [6.07, 6.45) is 2.56. The largest absolute Gasteiger partial charge is 0.493 e. The average molecular weight is 511 g/mol. The Balaban J connectivity index is 1.56. The van der Waals surface area contributed by atoms with Gasteiger partial charge in [0.25, 0.3) is 6.43 Å². The molecule has 0 fully saturated rings. The third kappa shape index (κ3) is 4.33. The number of fused-ring (bicyclic) bond motifs is 2. The highest BCUT2D eigenvalue weighted by Crippen LogP contribution is 2.45. The topological polar surface area (TPSA) is 64.3 Å². The molecule has 4 heterocycles. The van der Waals surface area contributed by atoms with Gasteiger partial charge in [-0.2, -0.15) is 0 Å². The number of halogens is 2. The van der Waals surface area contributed by atoms with Crippen LogP contribution in [0, 0.1) is 6.92 Å². The first-order valence-corrected chi connectivity index (χ1v) is 12.8. The van der Waals surface area contributed by atoms with E-state index < -0.39 is 17.4 Å². The fourth-order valence-electron chi connectivity index (χ4n) is 5.24. The summed E-state index contributed by atoms with van der Waals surface area (Å²) < 4.78 is 37.2. The van der Waals surface area contributed by atoms with Crippen molar-refractivity contribution in [1.82, 2.24) is 9.55 Å². The standard InChI is InChI=1S/C28H28F2N2O3S/c1-17-14-32(22-7-10-36-25(22)23(17)33)16-28(34,26(29)30)15-27(2,3)21-12-20(19-5-4-8-31-13-19)11-18-6-9-35-24(18)21/h4-5,7-8,10-14,26,34H,6,9,15-16H2,1-3H3. The smallest absolute Gasteiger partial charge is 0.268 e. The van der Waals surface area contributed by atoms with Crippen LogP contribution in [-0.2, 0) is 18.4 Å². The third-order valence-corrected chi connectivity index (χ3v) is 7.88. The summed E-state index contributed by atoms with van der Waals surface area (Å²) in [7, 11) is 0. The quantitative estimate of drug-likeness (QED) is 0.345. The van der Waals surface area contributed by atoms with Crippen LogP contribution < -0.4 is 10.2 Å². The third-order valence-electron chi connectivity index (χ3n) is 6.97. The van der Waals surface area contributed by atoms with Crippen molar-refractivity contribution in [2.75, 3.05) is 6.61 Å². The van der Waals surface area contributed by atoms with Gasteiger partial charge in [-0.1, -0.05) is 19.9 Å². The van der Waals surface area contributed by atoms with E-state index in [1.807, 2.05) is 32.0 Å². The number of aryl methyl sites for hydroxylation is 1. The number of thiophene rings is 1. The lowest BCUT2D eigenvalue weighted by molar-refractivity contribution is -0.120. The summed E-state index contributed by atoms with van der Waals surface area (Å²) in [5.41, 5.74) is 1.38. The van der Waals surface area contributed by atoms with Gasteiger partial charge in [0.05, 0.1) is 23.4 Å². The first-order valence-electron chi connectivity index (χ1n) is 11.9. The van der Waals surface area contributed by atoms with Gasteiger partial charge >= 0.3 is 0 Å². The Morgan fingerprint density at radius 3 is 2.78 bits per heavy atom. The van der Waals surface area contributed by atoms with Crippen molar-refractivity contribution in [3.05, 3.63) is 81.2 Å². The number of benzene rings is 1. The molecule has 1 aliphatic rings. The molecular weight excluding hydrogens is 482 g/mol. The van der Waals surface area contributed by atoms with Gasteiger partial charge in [0.15, 0.2) is 0 Å². The number of hydrogen-bond acceptors (Lipinski definition) is 5. The van der Waals surface area contributed by atoms with Crippen molar-refractivity contribution in [2.24, 2.45) is 0 Å². The van der Waals surface area contributed by atoms with E-state index in [0.29, 0.717) is 28.1 Å². The molecule has 1 aromatic carbocycles. The predicted octanol–water partition coefficient (Wildman–Crippen LogP) is 5.73. The molecule has 0 bridgehead atoms. The number of aliphatic hydroxyl groups is 1. The minimum Gasteiger partial charge on any atom is -0.493 e. The molecule has 0 aliphatic carbocycles. The lowest BCUT2D eigenvalue weighted by atomic mass is 9.73. The summed E-state index contributed by atoms with van der Waals surface area (Å²) in [5.74, 6) is 0.712. The number of alkyl halides is 2. The molecule has 4 aromatic rings. The van der Waals surface area contributed by atoms with E-state index >= 15 is 0 Å². The van der Waals surface area contributed by atoms with Gasteiger partial charge in [0.2, 0.25) is 5.43 Å². The highest BCUT2D eigenvalue weighted by Gasteiger charge is 2.45. The monoisotopic (exact) mass is 510 g/mol. The molecule has 188 valence electrons. The normalized spacial score (nSPS) is 15.2. The van der Waals surface area contributed by atoms with Crippen LogP contribution in [0.5, 0.6) is 5.75 Å². The molecule has 0 saturated heterocycles. The molecule has 0 saturated carbocycles. The SMILES string of the molecule is Cc1cn(CC(O)(CC(C)(C)c2cc(-c3cccnc3)cc3c2OCC3)C(F)F)c2ccsc2c1=O. The van der Waals surface area contributed by atoms with E-state index in [1.165, 1.54) is 11.3 Å². The second-order valence-corrected chi connectivity index (χ2v) is 11.1. The number of ether oxygens (including phenoxy) is 1. The van der Waals surface area contributed by atoms with Gasteiger partial charge in [0.1, 0.15) is 11.4 Å². The number of rotatable bonds is 7. The van der Waals surface area contributed by atoms with E-state index in [-0.39, 0.29) is 18.4 Å². The first-order chi connectivity index (χ1) is 17.1. The van der Waals surface area contributed by atoms with Crippen LogP contribution in [-0.4, -0.2) is 33.3 Å². The fraction of sp³-hybridized carbons (Fsp3) is 0.357. The number of pyridine rings is 2. The molecule has 5 nitrogen and oxygen atoms in total. The number of nitrogens with zero attached hydrogens (tertiary/aromatic N) is 2. The van der Waals surface area contributed by atoms with E-state index in [1.54, 1.807) is 41.5 Å². The van der Waals surface area contributed by atoms with Crippen molar-refractivity contribution in [1.29, 1.82) is 0 Å². The Kier molecular flexibility index (Phi) is 6.21. The average Bonchev–Trinajstić information content (AvgIpc) is 3.52. The Labute approximate surface area is 212 Å². The van der Waals surface area contributed by atoms with Crippen molar-refractivity contribution in [3.63, 3.8) is 0 Å². The highest BCUT2D eigenvalue weighted by molar-refractivity contribution is 7.17. The minimum atomic E-state index is -3.00. The highest BCUT2D eigenvalue weighted by atomic mass is 32.1. The van der Waals surface area contributed by atoms with E-state index in [9.17, 15) is 18.7 Å². The summed E-state index contributed by atoms with van der Waals surface area (Å²) in [6.45, 7) is 5.57. The summed E-state index contributed by atoms with van der Waals surface area (Å²) in [5, 5.41) is 13.2. The zero-order chi connectivity index (χ0) is 25.7. The fourth-order valence-corrected chi connectivity index (χ4v) is 6.15. The van der Waals surface area contributed by atoms with Gasteiger partial charge < -0.3 is 14.4 Å². The van der Waals surface area contributed by atoms with E-state index in [0.717, 1.165) is 28.7 Å². The molecule has 1 N–H and O–H groups in total. The zero-order valence-electron chi connectivity index (χ0n) is 20.4. The van der Waals surface area contributed by atoms with Crippen LogP contribution >= 0.6 is 11.3 Å².